The van der Waals surface area contributed by atoms with Crippen LogP contribution in [0.4, 0.5) is 0 Å². The van der Waals surface area contributed by atoms with Crippen LogP contribution >= 0.6 is 0 Å². The highest BCUT2D eigenvalue weighted by molar-refractivity contribution is 6.26. The zero-order chi connectivity index (χ0) is 46.2. The molecule has 6 heteroatoms. The molecule has 8 aromatic carbocycles. The maximum Gasteiger partial charge on any atom is 0.164 e. The lowest BCUT2D eigenvalue weighted by atomic mass is 10.1. The van der Waals surface area contributed by atoms with Gasteiger partial charge in [-0.3, -0.25) is 0 Å². The minimum Gasteiger partial charge on any atom is -0.454 e. The van der Waals surface area contributed by atoms with Gasteiger partial charge in [-0.25, -0.2) is 15.0 Å². The summed E-state index contributed by atoms with van der Waals surface area (Å²) in [7, 11) is 0. The van der Waals surface area contributed by atoms with Gasteiger partial charge in [-0.15, -0.1) is 0 Å². The predicted octanol–water partition coefficient (Wildman–Crippen LogP) is 13.0. The minimum atomic E-state index is -0.618. The van der Waals surface area contributed by atoms with Gasteiger partial charge in [0.05, 0.1) is 41.5 Å². The molecule has 12 aromatic rings. The molecule has 4 heterocycles. The van der Waals surface area contributed by atoms with Gasteiger partial charge in [0.1, 0.15) is 5.58 Å². The molecule has 0 radical (unpaired) electrons. The Bertz CT molecular complexity index is 3980. The molecular weight excluding hydrogens is 699 g/mol. The molecule has 0 aliphatic rings. The second-order valence-electron chi connectivity index (χ2n) is 13.7. The van der Waals surface area contributed by atoms with E-state index in [-0.39, 0.29) is 28.6 Å². The Morgan fingerprint density at radius 3 is 1.75 bits per heavy atom. The van der Waals surface area contributed by atoms with Crippen LogP contribution in [0.5, 0.6) is 0 Å². The molecule has 0 saturated carbocycles. The van der Waals surface area contributed by atoms with Gasteiger partial charge in [-0.1, -0.05) is 139 Å². The molecular formula is C51H31N5O. The van der Waals surface area contributed by atoms with E-state index in [1.807, 2.05) is 54.6 Å². The van der Waals surface area contributed by atoms with E-state index in [0.717, 1.165) is 65.8 Å². The summed E-state index contributed by atoms with van der Waals surface area (Å²) in [5.74, 6) is -0.745. The van der Waals surface area contributed by atoms with Crippen molar-refractivity contribution in [1.29, 1.82) is 0 Å². The molecule has 0 aliphatic carbocycles. The van der Waals surface area contributed by atoms with Crippen LogP contribution in [0.3, 0.4) is 0 Å². The second-order valence-corrected chi connectivity index (χ2v) is 13.7. The fourth-order valence-corrected chi connectivity index (χ4v) is 8.16. The van der Waals surface area contributed by atoms with Crippen molar-refractivity contribution < 1.29 is 18.1 Å². The largest absolute Gasteiger partial charge is 0.454 e. The van der Waals surface area contributed by atoms with Gasteiger partial charge in [0.15, 0.2) is 23.1 Å². The number of hydrogen-bond donors (Lipinski definition) is 0. The summed E-state index contributed by atoms with van der Waals surface area (Å²) < 4.78 is 96.1. The molecule has 0 bridgehead atoms. The summed E-state index contributed by atoms with van der Waals surface area (Å²) in [4.78, 5) is 13.7. The highest BCUT2D eigenvalue weighted by atomic mass is 16.3. The van der Waals surface area contributed by atoms with Crippen LogP contribution in [0.15, 0.2) is 192 Å². The van der Waals surface area contributed by atoms with Gasteiger partial charge >= 0.3 is 0 Å². The quantitative estimate of drug-likeness (QED) is 0.176. The normalized spacial score (nSPS) is 14.3. The molecule has 0 fully saturated rings. The Morgan fingerprint density at radius 2 is 1.04 bits per heavy atom. The standard InChI is InChI=1S/C51H31N5O/c1-4-15-32(16-5-1)49-52-50(33-17-6-2-7-18-33)54-51(53-49)34-27-28-37-39-23-14-26-44(48(39)57-45(37)31-34)56-41-24-12-10-21-36(41)38-29-30-43-46(47(38)56)40-22-11-13-25-42(40)55(43)35-19-8-3-9-20-35/h1-31H/i1D,2D,4D,5D,6D,7D,15D,16D,17D,18D. The van der Waals surface area contributed by atoms with E-state index < -0.39 is 60.4 Å². The number of hydrogen-bond acceptors (Lipinski definition) is 4. The monoisotopic (exact) mass is 739 g/mol. The summed E-state index contributed by atoms with van der Waals surface area (Å²) in [6.07, 6.45) is 0. The first-order chi connectivity index (χ1) is 32.4. The Kier molecular flexibility index (Phi) is 5.02. The number of aromatic nitrogens is 5. The van der Waals surface area contributed by atoms with E-state index in [4.69, 9.17) is 18.1 Å². The average Bonchev–Trinajstić information content (AvgIpc) is 4.02. The van der Waals surface area contributed by atoms with Gasteiger partial charge in [0.2, 0.25) is 0 Å². The third-order valence-corrected chi connectivity index (χ3v) is 10.5. The molecule has 0 spiro atoms. The highest BCUT2D eigenvalue weighted by Crippen LogP contribution is 2.44. The van der Waals surface area contributed by atoms with E-state index >= 15 is 0 Å². The van der Waals surface area contributed by atoms with Crippen molar-refractivity contribution in [2.75, 3.05) is 0 Å². The molecule has 0 amide bonds. The third-order valence-electron chi connectivity index (χ3n) is 10.5. The first-order valence-electron chi connectivity index (χ1n) is 23.3. The third kappa shape index (κ3) is 4.81. The summed E-state index contributed by atoms with van der Waals surface area (Å²) in [6.45, 7) is 0. The molecule has 6 nitrogen and oxygen atoms in total. The predicted molar refractivity (Wildman–Crippen MR) is 232 cm³/mol. The smallest absolute Gasteiger partial charge is 0.164 e. The van der Waals surface area contributed by atoms with Crippen LogP contribution in [-0.2, 0) is 0 Å². The Hall–Kier alpha value is -7.83. The van der Waals surface area contributed by atoms with Gasteiger partial charge in [0.25, 0.3) is 0 Å². The molecule has 4 aromatic heterocycles. The zero-order valence-corrected chi connectivity index (χ0v) is 29.8. The number of nitrogens with zero attached hydrogens (tertiary/aromatic N) is 5. The van der Waals surface area contributed by atoms with Crippen molar-refractivity contribution in [2.45, 2.75) is 0 Å². The topological polar surface area (TPSA) is 61.7 Å². The van der Waals surface area contributed by atoms with Crippen LogP contribution in [-0.4, -0.2) is 24.1 Å². The van der Waals surface area contributed by atoms with Crippen LogP contribution in [0.2, 0.25) is 0 Å². The summed E-state index contributed by atoms with van der Waals surface area (Å²) in [6, 6.07) is 36.8. The van der Waals surface area contributed by atoms with Crippen molar-refractivity contribution >= 4 is 65.6 Å². The Balaban J connectivity index is 1.11. The van der Waals surface area contributed by atoms with Gasteiger partial charge in [0, 0.05) is 54.7 Å². The first kappa shape index (κ1) is 23.2. The molecule has 12 rings (SSSR count). The van der Waals surface area contributed by atoms with Crippen LogP contribution < -0.4 is 0 Å². The van der Waals surface area contributed by atoms with Crippen molar-refractivity contribution in [2.24, 2.45) is 0 Å². The zero-order valence-electron chi connectivity index (χ0n) is 39.8. The van der Waals surface area contributed by atoms with Gasteiger partial charge in [-0.05, 0) is 48.5 Å². The van der Waals surface area contributed by atoms with Crippen molar-refractivity contribution in [1.82, 2.24) is 24.1 Å². The summed E-state index contributed by atoms with van der Waals surface area (Å²) >= 11 is 0. The maximum absolute atomic E-state index is 8.73. The molecule has 57 heavy (non-hydrogen) atoms. The Morgan fingerprint density at radius 1 is 0.439 bits per heavy atom. The molecule has 0 N–H and O–H groups in total. The maximum atomic E-state index is 8.73. The van der Waals surface area contributed by atoms with Crippen LogP contribution in [0.1, 0.15) is 13.7 Å². The summed E-state index contributed by atoms with van der Waals surface area (Å²) in [5, 5.41) is 5.95. The average molecular weight is 740 g/mol. The van der Waals surface area contributed by atoms with E-state index in [0.29, 0.717) is 16.7 Å². The van der Waals surface area contributed by atoms with Gasteiger partial charge in [-0.2, -0.15) is 0 Å². The number of furan rings is 1. The molecule has 266 valence electrons. The first-order valence-corrected chi connectivity index (χ1v) is 18.3. The van der Waals surface area contributed by atoms with Crippen LogP contribution in [0.25, 0.3) is 111 Å². The van der Waals surface area contributed by atoms with Crippen molar-refractivity contribution in [3.63, 3.8) is 0 Å². The lowest BCUT2D eigenvalue weighted by Gasteiger charge is -2.10. The lowest BCUT2D eigenvalue weighted by Crippen LogP contribution is -2.00. The SMILES string of the molecule is [2H]c1c([2H])c([2H])c(-c2nc(-c3ccc4c(c3)oc3c(-n5c6ccccc6c6ccc7c(c8ccccc8n7-c7ccccc7)c65)cccc34)nc(-c3c([2H])c([2H])c([2H])c([2H])c3[2H])n2)c([2H])c1[2H]. The second kappa shape index (κ2) is 12.3. The fraction of sp³-hybridized carbons (Fsp3) is 0. The number of benzene rings is 8. The summed E-state index contributed by atoms with van der Waals surface area (Å²) in [5.41, 5.74) is 6.72. The molecule has 0 unspecified atom stereocenters. The highest BCUT2D eigenvalue weighted by Gasteiger charge is 2.23. The number of para-hydroxylation sites is 4. The van der Waals surface area contributed by atoms with E-state index in [9.17, 15) is 0 Å². The number of fused-ring (bicyclic) bond motifs is 10. The van der Waals surface area contributed by atoms with E-state index in [2.05, 4.69) is 84.7 Å². The van der Waals surface area contributed by atoms with E-state index in [1.54, 1.807) is 12.1 Å². The van der Waals surface area contributed by atoms with Crippen molar-refractivity contribution in [3.05, 3.63) is 188 Å². The van der Waals surface area contributed by atoms with Crippen LogP contribution in [0, 0.1) is 0 Å². The van der Waals surface area contributed by atoms with E-state index in [1.165, 1.54) is 0 Å². The minimum absolute atomic E-state index is 0.0548. The fourth-order valence-electron chi connectivity index (χ4n) is 8.16. The molecule has 0 atom stereocenters. The lowest BCUT2D eigenvalue weighted by molar-refractivity contribution is 0.666. The number of rotatable bonds is 5. The van der Waals surface area contributed by atoms with Crippen molar-refractivity contribution in [3.8, 4) is 45.5 Å². The molecule has 0 saturated heterocycles. The Labute approximate surface area is 340 Å². The molecule has 0 aliphatic heterocycles. The van der Waals surface area contributed by atoms with Gasteiger partial charge < -0.3 is 13.6 Å².